The monoisotopic (exact) mass is 340 g/mol. The van der Waals surface area contributed by atoms with E-state index in [1.54, 1.807) is 12.1 Å². The maximum atomic E-state index is 11.6. The third-order valence-corrected chi connectivity index (χ3v) is 5.17. The van der Waals surface area contributed by atoms with Gasteiger partial charge in [0.05, 0.1) is 5.66 Å². The van der Waals surface area contributed by atoms with Crippen LogP contribution in [0.15, 0.2) is 24.3 Å². The maximum Gasteiger partial charge on any atom is 0.408 e. The molecule has 0 aliphatic carbocycles. The Hall–Kier alpha value is -0.430. The van der Waals surface area contributed by atoms with Gasteiger partial charge in [0.15, 0.2) is 6.16 Å². The number of hydrogen-bond acceptors (Lipinski definition) is 6. The number of para-hydroxylation sites is 1. The average Bonchev–Trinajstić information content (AvgIpc) is 2.23. The Kier molecular flexibility index (Phi) is 5.78. The fraction of sp³-hybridized carbons (Fsp3) is 0.300. The highest BCUT2D eigenvalue weighted by Gasteiger charge is 2.37. The highest BCUT2D eigenvalue weighted by molar-refractivity contribution is 7.81. The van der Waals surface area contributed by atoms with Gasteiger partial charge in [-0.1, -0.05) is 30.4 Å². The van der Waals surface area contributed by atoms with Crippen molar-refractivity contribution < 1.29 is 29.0 Å². The summed E-state index contributed by atoms with van der Waals surface area (Å²) >= 11 is 4.85. The molecule has 0 fully saturated rings. The second-order valence-corrected chi connectivity index (χ2v) is 8.41. The Morgan fingerprint density at radius 2 is 1.85 bits per heavy atom. The van der Waals surface area contributed by atoms with E-state index < -0.39 is 27.4 Å². The molecule has 7 N–H and O–H groups in total. The molecule has 0 aliphatic rings. The summed E-state index contributed by atoms with van der Waals surface area (Å²) in [6, 6.07) is 6.18. The summed E-state index contributed by atoms with van der Waals surface area (Å²) in [6.07, 6.45) is -0.858. The van der Waals surface area contributed by atoms with E-state index in [-0.39, 0.29) is 22.5 Å². The van der Waals surface area contributed by atoms with Crippen LogP contribution in [-0.2, 0) is 4.57 Å². The highest BCUT2D eigenvalue weighted by atomic mass is 32.1. The molecule has 0 saturated heterocycles. The van der Waals surface area contributed by atoms with Gasteiger partial charge < -0.3 is 15.5 Å². The van der Waals surface area contributed by atoms with Gasteiger partial charge in [-0.3, -0.25) is 4.57 Å². The topological polar surface area (TPSA) is 144 Å². The van der Waals surface area contributed by atoms with Gasteiger partial charge >= 0.3 is 15.5 Å². The van der Waals surface area contributed by atoms with E-state index in [0.29, 0.717) is 0 Å². The van der Waals surface area contributed by atoms with E-state index >= 15 is 0 Å². The third kappa shape index (κ3) is 5.52. The molecule has 0 radical (unpaired) electrons. The molecular formula is C10H16NO6P2S+. The predicted octanol–water partition coefficient (Wildman–Crippen LogP) is 0.987. The van der Waals surface area contributed by atoms with E-state index in [1.807, 2.05) is 0 Å². The van der Waals surface area contributed by atoms with Crippen molar-refractivity contribution in [1.29, 1.82) is 0 Å². The fourth-order valence-corrected chi connectivity index (χ4v) is 4.21. The van der Waals surface area contributed by atoms with Crippen molar-refractivity contribution in [2.45, 2.75) is 12.1 Å². The van der Waals surface area contributed by atoms with Crippen LogP contribution in [0.25, 0.3) is 0 Å². The molecule has 1 unspecified atom stereocenters. The lowest BCUT2D eigenvalue weighted by Crippen LogP contribution is -2.13. The minimum Gasteiger partial charge on any atom is -0.398 e. The first-order chi connectivity index (χ1) is 9.00. The van der Waals surface area contributed by atoms with Crippen LogP contribution in [-0.4, -0.2) is 35.5 Å². The molecule has 1 atom stereocenters. The Morgan fingerprint density at radius 3 is 2.30 bits per heavy atom. The third-order valence-electron chi connectivity index (χ3n) is 2.57. The number of hydrogen-bond donors (Lipinski definition) is 6. The van der Waals surface area contributed by atoms with Crippen LogP contribution in [0.5, 0.6) is 0 Å². The van der Waals surface area contributed by atoms with Gasteiger partial charge in [0.2, 0.25) is 0 Å². The molecule has 0 spiro atoms. The van der Waals surface area contributed by atoms with Crippen molar-refractivity contribution in [3.8, 4) is 0 Å². The minimum atomic E-state index is -4.54. The number of rotatable bonds is 6. The molecule has 7 nitrogen and oxygen atoms in total. The standard InChI is InChI=1S/C10H15NO6P2S/c11-9-4-2-1-3-8(9)10(19(15,16)17)5-7(20)6-18(12,13)14/h1-4,10,12-14H,5-6,11H2,(H-,15,16,17)/p+1. The largest absolute Gasteiger partial charge is 0.408 e. The number of thiocarbonyl (C=S) groups is 1. The molecule has 1 aromatic rings. The molecule has 0 heterocycles. The van der Waals surface area contributed by atoms with Gasteiger partial charge in [-0.05, 0) is 11.6 Å². The number of anilines is 1. The Bertz CT molecular complexity index is 541. The summed E-state index contributed by atoms with van der Waals surface area (Å²) in [6.45, 7) is 0. The van der Waals surface area contributed by atoms with Gasteiger partial charge in [0.25, 0.3) is 0 Å². The zero-order valence-corrected chi connectivity index (χ0v) is 12.9. The summed E-state index contributed by atoms with van der Waals surface area (Å²) in [4.78, 5) is 45.6. The number of nitrogen functional groups attached to an aromatic ring is 1. The van der Waals surface area contributed by atoms with Crippen molar-refractivity contribution >= 4 is 38.3 Å². The van der Waals surface area contributed by atoms with Gasteiger partial charge in [-0.15, -0.1) is 0 Å². The lowest BCUT2D eigenvalue weighted by atomic mass is 10.1. The first kappa shape index (κ1) is 17.6. The van der Waals surface area contributed by atoms with Crippen molar-refractivity contribution in [3.05, 3.63) is 29.8 Å². The molecular weight excluding hydrogens is 324 g/mol. The van der Waals surface area contributed by atoms with Crippen molar-refractivity contribution in [3.63, 3.8) is 0 Å². The highest BCUT2D eigenvalue weighted by Crippen LogP contribution is 2.56. The zero-order chi connectivity index (χ0) is 15.6. The molecule has 0 saturated carbocycles. The van der Waals surface area contributed by atoms with Gasteiger partial charge in [0.1, 0.15) is 0 Å². The molecule has 0 aliphatic heterocycles. The molecule has 1 rings (SSSR count). The SMILES string of the molecule is Nc1ccccc1C(CC(=S)C[P+](O)(O)O)P(=O)(O)O. The van der Waals surface area contributed by atoms with Crippen LogP contribution in [0.4, 0.5) is 5.69 Å². The quantitative estimate of drug-likeness (QED) is 0.255. The van der Waals surface area contributed by atoms with Crippen LogP contribution in [0, 0.1) is 0 Å². The van der Waals surface area contributed by atoms with Crippen molar-refractivity contribution in [1.82, 2.24) is 0 Å². The van der Waals surface area contributed by atoms with E-state index in [2.05, 4.69) is 0 Å². The van der Waals surface area contributed by atoms with E-state index in [9.17, 15) is 14.4 Å². The number of benzene rings is 1. The Balaban J connectivity index is 3.02. The minimum absolute atomic E-state index is 0.0394. The molecule has 0 bridgehead atoms. The van der Waals surface area contributed by atoms with E-state index in [4.69, 9.17) is 32.6 Å². The average molecular weight is 340 g/mol. The number of nitrogens with two attached hydrogens (primary N) is 1. The second kappa shape index (κ2) is 6.56. The van der Waals surface area contributed by atoms with Gasteiger partial charge in [0, 0.05) is 17.0 Å². The lowest BCUT2D eigenvalue weighted by Gasteiger charge is -2.20. The molecule has 10 heteroatoms. The predicted molar refractivity (Wildman–Crippen MR) is 81.3 cm³/mol. The zero-order valence-electron chi connectivity index (χ0n) is 10.3. The Labute approximate surface area is 121 Å². The molecule has 0 aromatic heterocycles. The second-order valence-electron chi connectivity index (χ2n) is 4.33. The van der Waals surface area contributed by atoms with Crippen molar-refractivity contribution in [2.75, 3.05) is 11.9 Å². The van der Waals surface area contributed by atoms with Crippen LogP contribution in [0.2, 0.25) is 0 Å². The van der Waals surface area contributed by atoms with Gasteiger partial charge in [-0.2, -0.15) is 14.7 Å². The van der Waals surface area contributed by atoms with Crippen LogP contribution >= 0.6 is 27.8 Å². The van der Waals surface area contributed by atoms with E-state index in [0.717, 1.165) is 0 Å². The summed E-state index contributed by atoms with van der Waals surface area (Å²) in [5.41, 5.74) is 4.86. The molecule has 20 heavy (non-hydrogen) atoms. The van der Waals surface area contributed by atoms with Crippen molar-refractivity contribution in [2.24, 2.45) is 0 Å². The molecule has 0 amide bonds. The first-order valence-electron chi connectivity index (χ1n) is 5.48. The van der Waals surface area contributed by atoms with E-state index in [1.165, 1.54) is 12.1 Å². The lowest BCUT2D eigenvalue weighted by molar-refractivity contribution is 0.335. The van der Waals surface area contributed by atoms with Crippen LogP contribution < -0.4 is 5.73 Å². The normalized spacial score (nSPS) is 14.1. The smallest absolute Gasteiger partial charge is 0.398 e. The summed E-state index contributed by atoms with van der Waals surface area (Å²) in [5, 5.41) is 0. The molecule has 112 valence electrons. The van der Waals surface area contributed by atoms with Crippen LogP contribution in [0.1, 0.15) is 17.6 Å². The maximum absolute atomic E-state index is 11.6. The fourth-order valence-electron chi connectivity index (χ4n) is 1.74. The Morgan fingerprint density at radius 1 is 1.30 bits per heavy atom. The summed E-state index contributed by atoms with van der Waals surface area (Å²) in [5.74, 6) is 0. The summed E-state index contributed by atoms with van der Waals surface area (Å²) < 4.78 is 11.6. The van der Waals surface area contributed by atoms with Gasteiger partial charge in [-0.25, -0.2) is 0 Å². The summed E-state index contributed by atoms with van der Waals surface area (Å²) in [7, 11) is -8.65. The van der Waals surface area contributed by atoms with Crippen LogP contribution in [0.3, 0.4) is 0 Å². The first-order valence-corrected chi connectivity index (χ1v) is 9.40. The molecule has 1 aromatic carbocycles.